The molecule has 1 fully saturated rings. The maximum atomic E-state index is 12.2. The summed E-state index contributed by atoms with van der Waals surface area (Å²) in [5.74, 6) is 1.20. The van der Waals surface area contributed by atoms with Gasteiger partial charge in [-0.3, -0.25) is 0 Å². The number of unbranched alkanes of at least 4 members (excludes halogenated alkanes) is 7. The summed E-state index contributed by atoms with van der Waals surface area (Å²) in [7, 11) is 0. The number of hydrogen-bond acceptors (Lipinski definition) is 1. The van der Waals surface area contributed by atoms with Crippen LogP contribution in [0.1, 0.15) is 102 Å². The number of rotatable bonds is 11. The van der Waals surface area contributed by atoms with E-state index in [0.717, 1.165) is 24.3 Å². The van der Waals surface area contributed by atoms with E-state index in [1.54, 1.807) is 12.1 Å². The number of halogens is 3. The van der Waals surface area contributed by atoms with Crippen molar-refractivity contribution >= 4 is 0 Å². The third-order valence-electron chi connectivity index (χ3n) is 5.90. The molecule has 0 radical (unpaired) electrons. The molecule has 4 heteroatoms. The first-order valence-electron chi connectivity index (χ1n) is 10.8. The highest BCUT2D eigenvalue weighted by atomic mass is 19.4. The Hall–Kier alpha value is -1.19. The van der Waals surface area contributed by atoms with E-state index in [0.29, 0.717) is 5.92 Å². The average molecular weight is 385 g/mol. The fourth-order valence-corrected chi connectivity index (χ4v) is 4.29. The van der Waals surface area contributed by atoms with Crippen LogP contribution in [0.25, 0.3) is 0 Å². The van der Waals surface area contributed by atoms with Crippen LogP contribution < -0.4 is 4.74 Å². The van der Waals surface area contributed by atoms with Crippen molar-refractivity contribution in [1.82, 2.24) is 0 Å². The molecule has 1 aromatic rings. The molecule has 0 N–H and O–H groups in total. The van der Waals surface area contributed by atoms with Gasteiger partial charge in [-0.05, 0) is 55.2 Å². The van der Waals surface area contributed by atoms with Gasteiger partial charge < -0.3 is 4.74 Å². The molecule has 0 bridgehead atoms. The second-order valence-electron chi connectivity index (χ2n) is 8.10. The lowest BCUT2D eigenvalue weighted by Gasteiger charge is -2.29. The van der Waals surface area contributed by atoms with Gasteiger partial charge in [-0.1, -0.05) is 76.8 Å². The molecule has 0 aromatic heterocycles. The summed E-state index contributed by atoms with van der Waals surface area (Å²) in [6, 6.07) is 6.47. The van der Waals surface area contributed by atoms with E-state index >= 15 is 0 Å². The van der Waals surface area contributed by atoms with Crippen LogP contribution in [-0.4, -0.2) is 6.36 Å². The van der Waals surface area contributed by atoms with Crippen molar-refractivity contribution in [2.24, 2.45) is 5.92 Å². The molecule has 0 unspecified atom stereocenters. The van der Waals surface area contributed by atoms with E-state index in [-0.39, 0.29) is 5.75 Å². The van der Waals surface area contributed by atoms with E-state index in [1.807, 2.05) is 0 Å². The molecule has 0 saturated heterocycles. The minimum Gasteiger partial charge on any atom is -0.406 e. The lowest BCUT2D eigenvalue weighted by Crippen LogP contribution is -2.17. The van der Waals surface area contributed by atoms with Gasteiger partial charge in [0.05, 0.1) is 0 Å². The van der Waals surface area contributed by atoms with Crippen molar-refractivity contribution in [1.29, 1.82) is 0 Å². The smallest absolute Gasteiger partial charge is 0.406 e. The molecule has 1 saturated carbocycles. The van der Waals surface area contributed by atoms with Crippen LogP contribution in [0.3, 0.4) is 0 Å². The largest absolute Gasteiger partial charge is 0.573 e. The van der Waals surface area contributed by atoms with Gasteiger partial charge in [0.15, 0.2) is 0 Å². The van der Waals surface area contributed by atoms with Crippen LogP contribution in [0.5, 0.6) is 5.75 Å². The molecule has 0 spiro atoms. The lowest BCUT2D eigenvalue weighted by molar-refractivity contribution is -0.274. The minimum absolute atomic E-state index is 0.130. The Balaban J connectivity index is 1.60. The predicted molar refractivity (Wildman–Crippen MR) is 105 cm³/mol. The number of benzene rings is 1. The molecule has 154 valence electrons. The number of hydrogen-bond donors (Lipinski definition) is 0. The van der Waals surface area contributed by atoms with Gasteiger partial charge in [0, 0.05) is 0 Å². The minimum atomic E-state index is -4.62. The molecular weight excluding hydrogens is 349 g/mol. The first-order chi connectivity index (χ1) is 13.0. The summed E-state index contributed by atoms with van der Waals surface area (Å²) < 4.78 is 40.7. The van der Waals surface area contributed by atoms with Gasteiger partial charge >= 0.3 is 6.36 Å². The van der Waals surface area contributed by atoms with Gasteiger partial charge in [0.2, 0.25) is 0 Å². The summed E-state index contributed by atoms with van der Waals surface area (Å²) in [6.45, 7) is 2.26. The maximum absolute atomic E-state index is 12.2. The molecule has 27 heavy (non-hydrogen) atoms. The standard InChI is InChI=1S/C23H35F3O/c1-2-3-4-5-6-7-8-9-10-19-11-13-20(14-12-19)21-15-17-22(18-16-21)27-23(24,25)26/h15-20H,2-14H2,1H3. The van der Waals surface area contributed by atoms with Crippen LogP contribution in [-0.2, 0) is 0 Å². The predicted octanol–water partition coefficient (Wildman–Crippen LogP) is 8.39. The van der Waals surface area contributed by atoms with Crippen molar-refractivity contribution < 1.29 is 17.9 Å². The first-order valence-corrected chi connectivity index (χ1v) is 10.8. The highest BCUT2D eigenvalue weighted by Crippen LogP contribution is 2.38. The van der Waals surface area contributed by atoms with Crippen molar-refractivity contribution in [2.45, 2.75) is 103 Å². The first kappa shape index (κ1) is 22.1. The number of ether oxygens (including phenoxy) is 1. The van der Waals surface area contributed by atoms with E-state index in [9.17, 15) is 13.2 Å². The molecule has 1 aliphatic rings. The third kappa shape index (κ3) is 9.03. The Morgan fingerprint density at radius 2 is 1.37 bits per heavy atom. The highest BCUT2D eigenvalue weighted by Gasteiger charge is 2.31. The fourth-order valence-electron chi connectivity index (χ4n) is 4.29. The Morgan fingerprint density at radius 3 is 1.93 bits per heavy atom. The Bertz CT molecular complexity index is 501. The van der Waals surface area contributed by atoms with Gasteiger partial charge in [0.1, 0.15) is 5.75 Å². The SMILES string of the molecule is CCCCCCCCCCC1CCC(c2ccc(OC(F)(F)F)cc2)CC1. The molecule has 0 atom stereocenters. The van der Waals surface area contributed by atoms with Crippen molar-refractivity contribution in [3.8, 4) is 5.75 Å². The maximum Gasteiger partial charge on any atom is 0.573 e. The summed E-state index contributed by atoms with van der Waals surface area (Å²) in [5.41, 5.74) is 1.15. The fraction of sp³-hybridized carbons (Fsp3) is 0.739. The van der Waals surface area contributed by atoms with Crippen molar-refractivity contribution in [3.63, 3.8) is 0 Å². The molecule has 0 heterocycles. The topological polar surface area (TPSA) is 9.23 Å². The molecular formula is C23H35F3O. The third-order valence-corrected chi connectivity index (χ3v) is 5.90. The summed E-state index contributed by atoms with van der Waals surface area (Å²) in [4.78, 5) is 0. The zero-order valence-electron chi connectivity index (χ0n) is 16.7. The van der Waals surface area contributed by atoms with Crippen LogP contribution in [0, 0.1) is 5.92 Å². The second-order valence-corrected chi connectivity index (χ2v) is 8.10. The zero-order chi connectivity index (χ0) is 19.5. The van der Waals surface area contributed by atoms with Gasteiger partial charge in [0.25, 0.3) is 0 Å². The van der Waals surface area contributed by atoms with Gasteiger partial charge in [-0.15, -0.1) is 13.2 Å². The quantitative estimate of drug-likeness (QED) is 0.348. The summed E-state index contributed by atoms with van der Waals surface area (Å²) in [6.07, 6.45) is 12.5. The summed E-state index contributed by atoms with van der Waals surface area (Å²) >= 11 is 0. The van der Waals surface area contributed by atoms with Crippen LogP contribution in [0.15, 0.2) is 24.3 Å². The molecule has 2 rings (SSSR count). The average Bonchev–Trinajstić information content (AvgIpc) is 2.64. The normalized spacial score (nSPS) is 20.6. The Morgan fingerprint density at radius 1 is 0.815 bits per heavy atom. The van der Waals surface area contributed by atoms with Crippen LogP contribution >= 0.6 is 0 Å². The van der Waals surface area contributed by atoms with Crippen LogP contribution in [0.4, 0.5) is 13.2 Å². The Labute approximate surface area is 162 Å². The molecule has 1 aromatic carbocycles. The van der Waals surface area contributed by atoms with Crippen molar-refractivity contribution in [3.05, 3.63) is 29.8 Å². The molecule has 0 aliphatic heterocycles. The summed E-state index contributed by atoms with van der Waals surface area (Å²) in [5, 5.41) is 0. The molecule has 1 nitrogen and oxygen atoms in total. The second kappa shape index (κ2) is 11.6. The van der Waals surface area contributed by atoms with E-state index in [1.165, 1.54) is 82.8 Å². The highest BCUT2D eigenvalue weighted by molar-refractivity contribution is 5.29. The van der Waals surface area contributed by atoms with Gasteiger partial charge in [-0.2, -0.15) is 0 Å². The van der Waals surface area contributed by atoms with E-state index in [4.69, 9.17) is 0 Å². The zero-order valence-corrected chi connectivity index (χ0v) is 16.7. The van der Waals surface area contributed by atoms with E-state index < -0.39 is 6.36 Å². The molecule has 1 aliphatic carbocycles. The monoisotopic (exact) mass is 384 g/mol. The lowest BCUT2D eigenvalue weighted by atomic mass is 9.77. The Kier molecular flexibility index (Phi) is 9.50. The van der Waals surface area contributed by atoms with Crippen molar-refractivity contribution in [2.75, 3.05) is 0 Å². The van der Waals surface area contributed by atoms with Gasteiger partial charge in [-0.25, -0.2) is 0 Å². The van der Waals surface area contributed by atoms with Crippen LogP contribution in [0.2, 0.25) is 0 Å². The van der Waals surface area contributed by atoms with E-state index in [2.05, 4.69) is 11.7 Å². The number of alkyl halides is 3. The molecule has 0 amide bonds.